The molecule has 5 nitrogen and oxygen atoms in total. The van der Waals surface area contributed by atoms with Gasteiger partial charge in [0.05, 0.1) is 18.4 Å². The van der Waals surface area contributed by atoms with E-state index < -0.39 is 10.8 Å². The Balaban J connectivity index is 2.73. The van der Waals surface area contributed by atoms with E-state index in [0.29, 0.717) is 29.2 Å². The van der Waals surface area contributed by atoms with Crippen molar-refractivity contribution in [3.8, 4) is 5.75 Å². The quantitative estimate of drug-likeness (QED) is 0.768. The molecule has 0 aliphatic carbocycles. The zero-order valence-electron chi connectivity index (χ0n) is 11.4. The zero-order valence-corrected chi connectivity index (χ0v) is 12.3. The molecule has 0 aliphatic heterocycles. The van der Waals surface area contributed by atoms with Gasteiger partial charge in [-0.25, -0.2) is 0 Å². The number of hydrogen-bond donors (Lipinski definition) is 2. The zero-order chi connectivity index (χ0) is 14.4. The molecule has 19 heavy (non-hydrogen) atoms. The van der Waals surface area contributed by atoms with E-state index in [2.05, 4.69) is 5.32 Å². The fraction of sp³-hybridized carbons (Fsp3) is 0.462. The molecule has 1 aromatic rings. The van der Waals surface area contributed by atoms with Crippen LogP contribution < -0.4 is 15.8 Å². The Morgan fingerprint density at radius 3 is 2.79 bits per heavy atom. The number of nitrogens with one attached hydrogen (secondary N) is 1. The standard InChI is InChI=1S/C13H20N2O3S/c1-9(7-8-19(3)17)15-13(16)10-5-4-6-11(14)12(10)18-2/h4-6,9H,7-8,14H2,1-3H3,(H,15,16). The van der Waals surface area contributed by atoms with E-state index >= 15 is 0 Å². The number of amides is 1. The number of ether oxygens (including phenoxy) is 1. The Morgan fingerprint density at radius 2 is 2.21 bits per heavy atom. The minimum absolute atomic E-state index is 0.0532. The molecule has 0 aromatic heterocycles. The highest BCUT2D eigenvalue weighted by molar-refractivity contribution is 7.84. The molecule has 0 heterocycles. The first-order valence-corrected chi connectivity index (χ1v) is 7.71. The highest BCUT2D eigenvalue weighted by Gasteiger charge is 2.16. The van der Waals surface area contributed by atoms with E-state index in [1.54, 1.807) is 24.5 Å². The fourth-order valence-corrected chi connectivity index (χ4v) is 2.36. The van der Waals surface area contributed by atoms with E-state index in [9.17, 15) is 9.00 Å². The number of nitrogen functional groups attached to an aromatic ring is 1. The summed E-state index contributed by atoms with van der Waals surface area (Å²) in [7, 11) is 0.627. The van der Waals surface area contributed by atoms with Gasteiger partial charge < -0.3 is 15.8 Å². The Labute approximate surface area is 116 Å². The number of anilines is 1. The number of para-hydroxylation sites is 1. The van der Waals surface area contributed by atoms with Crippen LogP contribution in [-0.2, 0) is 10.8 Å². The SMILES string of the molecule is COc1c(N)cccc1C(=O)NC(C)CCS(C)=O. The van der Waals surface area contributed by atoms with E-state index in [1.165, 1.54) is 7.11 Å². The highest BCUT2D eigenvalue weighted by atomic mass is 32.2. The first kappa shape index (κ1) is 15.5. The summed E-state index contributed by atoms with van der Waals surface area (Å²) >= 11 is 0. The summed E-state index contributed by atoms with van der Waals surface area (Å²) in [6, 6.07) is 5.00. The minimum atomic E-state index is -0.851. The lowest BCUT2D eigenvalue weighted by Crippen LogP contribution is -2.33. The maximum absolute atomic E-state index is 12.1. The molecule has 106 valence electrons. The molecule has 0 saturated carbocycles. The molecule has 3 N–H and O–H groups in total. The van der Waals surface area contributed by atoms with Crippen LogP contribution >= 0.6 is 0 Å². The molecule has 1 aromatic carbocycles. The summed E-state index contributed by atoms with van der Waals surface area (Å²) in [4.78, 5) is 12.1. The van der Waals surface area contributed by atoms with Crippen molar-refractivity contribution in [1.82, 2.24) is 5.32 Å². The fourth-order valence-electron chi connectivity index (χ4n) is 1.68. The summed E-state index contributed by atoms with van der Waals surface area (Å²) in [5.74, 6) is 0.708. The maximum atomic E-state index is 12.1. The molecule has 1 rings (SSSR count). The number of carbonyl (C=O) groups excluding carboxylic acids is 1. The lowest BCUT2D eigenvalue weighted by Gasteiger charge is -2.15. The van der Waals surface area contributed by atoms with Gasteiger partial charge in [0.15, 0.2) is 5.75 Å². The predicted molar refractivity (Wildman–Crippen MR) is 77.9 cm³/mol. The van der Waals surface area contributed by atoms with Crippen molar-refractivity contribution in [2.75, 3.05) is 24.9 Å². The van der Waals surface area contributed by atoms with Gasteiger partial charge in [0, 0.05) is 28.9 Å². The van der Waals surface area contributed by atoms with Crippen LogP contribution in [-0.4, -0.2) is 35.3 Å². The van der Waals surface area contributed by atoms with E-state index in [-0.39, 0.29) is 11.9 Å². The van der Waals surface area contributed by atoms with E-state index in [0.717, 1.165) is 0 Å². The molecule has 1 amide bonds. The van der Waals surface area contributed by atoms with Gasteiger partial charge in [0.2, 0.25) is 0 Å². The molecular weight excluding hydrogens is 264 g/mol. The third-order valence-corrected chi connectivity index (χ3v) is 3.52. The monoisotopic (exact) mass is 284 g/mol. The summed E-state index contributed by atoms with van der Waals surface area (Å²) in [5.41, 5.74) is 6.59. The van der Waals surface area contributed by atoms with Crippen molar-refractivity contribution >= 4 is 22.4 Å². The van der Waals surface area contributed by atoms with Crippen LogP contribution in [0.4, 0.5) is 5.69 Å². The normalized spacial score (nSPS) is 13.6. The van der Waals surface area contributed by atoms with Gasteiger partial charge in [-0.3, -0.25) is 9.00 Å². The number of methoxy groups -OCH3 is 1. The molecule has 0 spiro atoms. The number of benzene rings is 1. The summed E-state index contributed by atoms with van der Waals surface area (Å²) in [6.45, 7) is 1.88. The van der Waals surface area contributed by atoms with Gasteiger partial charge in [-0.15, -0.1) is 0 Å². The van der Waals surface area contributed by atoms with Crippen molar-refractivity contribution in [3.05, 3.63) is 23.8 Å². The average Bonchev–Trinajstić information content (AvgIpc) is 2.36. The second-order valence-corrected chi connectivity index (χ2v) is 5.92. The number of rotatable bonds is 6. The van der Waals surface area contributed by atoms with Crippen molar-refractivity contribution < 1.29 is 13.7 Å². The van der Waals surface area contributed by atoms with Crippen molar-refractivity contribution in [2.45, 2.75) is 19.4 Å². The van der Waals surface area contributed by atoms with Crippen molar-refractivity contribution in [3.63, 3.8) is 0 Å². The Kier molecular flexibility index (Phi) is 5.82. The van der Waals surface area contributed by atoms with Crippen LogP contribution in [0, 0.1) is 0 Å². The molecule has 2 unspecified atom stereocenters. The second-order valence-electron chi connectivity index (χ2n) is 4.37. The maximum Gasteiger partial charge on any atom is 0.255 e. The van der Waals surface area contributed by atoms with Gasteiger partial charge in [-0.2, -0.15) is 0 Å². The van der Waals surface area contributed by atoms with E-state index in [4.69, 9.17) is 10.5 Å². The topological polar surface area (TPSA) is 81.4 Å². The Bertz CT molecular complexity index is 477. The molecule has 0 bridgehead atoms. The first-order valence-electron chi connectivity index (χ1n) is 5.99. The van der Waals surface area contributed by atoms with Gasteiger partial charge in [-0.05, 0) is 25.5 Å². The highest BCUT2D eigenvalue weighted by Crippen LogP contribution is 2.25. The number of nitrogens with two attached hydrogens (primary N) is 1. The average molecular weight is 284 g/mol. The number of hydrogen-bond acceptors (Lipinski definition) is 4. The Morgan fingerprint density at radius 1 is 1.53 bits per heavy atom. The third kappa shape index (κ3) is 4.55. The van der Waals surface area contributed by atoms with Crippen LogP contribution in [0.25, 0.3) is 0 Å². The van der Waals surface area contributed by atoms with Crippen molar-refractivity contribution in [1.29, 1.82) is 0 Å². The van der Waals surface area contributed by atoms with E-state index in [1.807, 2.05) is 6.92 Å². The van der Waals surface area contributed by atoms with Crippen LogP contribution in [0.2, 0.25) is 0 Å². The second kappa shape index (κ2) is 7.13. The molecule has 0 radical (unpaired) electrons. The molecule has 2 atom stereocenters. The Hall–Kier alpha value is -1.56. The molecule has 6 heteroatoms. The third-order valence-electron chi connectivity index (χ3n) is 2.71. The first-order chi connectivity index (χ1) is 8.95. The lowest BCUT2D eigenvalue weighted by atomic mass is 10.1. The van der Waals surface area contributed by atoms with Gasteiger partial charge in [0.25, 0.3) is 5.91 Å². The molecule has 0 fully saturated rings. The summed E-state index contributed by atoms with van der Waals surface area (Å²) in [6.07, 6.45) is 2.31. The molecule has 0 saturated heterocycles. The van der Waals surface area contributed by atoms with Crippen molar-refractivity contribution in [2.24, 2.45) is 0 Å². The largest absolute Gasteiger partial charge is 0.494 e. The summed E-state index contributed by atoms with van der Waals surface area (Å²) in [5, 5.41) is 2.84. The van der Waals surface area contributed by atoms with Gasteiger partial charge in [0.1, 0.15) is 0 Å². The van der Waals surface area contributed by atoms with Crippen LogP contribution in [0.1, 0.15) is 23.7 Å². The molecular formula is C13H20N2O3S. The smallest absolute Gasteiger partial charge is 0.255 e. The van der Waals surface area contributed by atoms with Gasteiger partial charge in [-0.1, -0.05) is 6.07 Å². The lowest BCUT2D eigenvalue weighted by molar-refractivity contribution is 0.0936. The van der Waals surface area contributed by atoms with Crippen LogP contribution in [0.15, 0.2) is 18.2 Å². The number of carbonyl (C=O) groups is 1. The summed E-state index contributed by atoms with van der Waals surface area (Å²) < 4.78 is 16.2. The van der Waals surface area contributed by atoms with Gasteiger partial charge >= 0.3 is 0 Å². The van der Waals surface area contributed by atoms with Crippen LogP contribution in [0.5, 0.6) is 5.75 Å². The minimum Gasteiger partial charge on any atom is -0.494 e. The predicted octanol–water partition coefficient (Wildman–Crippen LogP) is 1.16. The van der Waals surface area contributed by atoms with Crippen LogP contribution in [0.3, 0.4) is 0 Å². The molecule has 0 aliphatic rings.